The summed E-state index contributed by atoms with van der Waals surface area (Å²) in [5.41, 5.74) is 5.53. The van der Waals surface area contributed by atoms with Gasteiger partial charge >= 0.3 is 5.97 Å². The Kier molecular flexibility index (Phi) is 6.80. The molecule has 4 saturated carbocycles. The third kappa shape index (κ3) is 4.77. The Morgan fingerprint density at radius 2 is 1.39 bits per heavy atom. The Morgan fingerprint density at radius 1 is 0.816 bits per heavy atom. The molecule has 4 fully saturated rings. The Balaban J connectivity index is 1.14. The molecule has 0 atom stereocenters. The monoisotopic (exact) mass is 526 g/mol. The van der Waals surface area contributed by atoms with Gasteiger partial charge in [0.05, 0.1) is 0 Å². The maximum absolute atomic E-state index is 13.0. The zero-order valence-corrected chi connectivity index (χ0v) is 23.8. The van der Waals surface area contributed by atoms with Crippen molar-refractivity contribution in [2.75, 3.05) is 6.61 Å². The predicted octanol–water partition coefficient (Wildman–Crippen LogP) is 8.57. The normalized spacial score (nSPS) is 27.4. The first-order valence-corrected chi connectivity index (χ1v) is 14.9. The molecular weight excluding hydrogens is 488 g/mol. The molecule has 0 unspecified atom stereocenters. The quantitative estimate of drug-likeness (QED) is 0.289. The van der Waals surface area contributed by atoms with Crippen LogP contribution in [0.2, 0.25) is 0 Å². The molecule has 3 nitrogen and oxygen atoms in total. The summed E-state index contributed by atoms with van der Waals surface area (Å²) in [5, 5.41) is 0. The van der Waals surface area contributed by atoms with Crippen molar-refractivity contribution in [1.29, 1.82) is 0 Å². The molecule has 198 valence electrons. The van der Waals surface area contributed by atoms with Crippen LogP contribution in [0.3, 0.4) is 0 Å². The number of carbonyl (C=O) groups is 1. The molecule has 3 aromatic carbocycles. The van der Waals surface area contributed by atoms with Gasteiger partial charge in [0, 0.05) is 9.79 Å². The summed E-state index contributed by atoms with van der Waals surface area (Å²) < 4.78 is 12.3. The fraction of sp³-hybridized carbons (Fsp3) is 0.441. The number of benzene rings is 3. The third-order valence-electron chi connectivity index (χ3n) is 9.41. The van der Waals surface area contributed by atoms with Gasteiger partial charge in [-0.3, -0.25) is 0 Å². The summed E-state index contributed by atoms with van der Waals surface area (Å²) in [5.74, 6) is 3.30. The Hall–Kier alpha value is -2.72. The fourth-order valence-corrected chi connectivity index (χ4v) is 8.83. The van der Waals surface area contributed by atoms with Gasteiger partial charge in [-0.15, -0.1) is 0 Å². The molecular formula is C34H38O3S. The summed E-state index contributed by atoms with van der Waals surface area (Å²) in [6, 6.07) is 21.4. The molecule has 0 amide bonds. The highest BCUT2D eigenvalue weighted by molar-refractivity contribution is 7.99. The Morgan fingerprint density at radius 3 is 2.03 bits per heavy atom. The van der Waals surface area contributed by atoms with Gasteiger partial charge < -0.3 is 9.47 Å². The summed E-state index contributed by atoms with van der Waals surface area (Å²) in [6.07, 6.45) is 6.29. The average molecular weight is 527 g/mol. The number of esters is 1. The van der Waals surface area contributed by atoms with E-state index < -0.39 is 0 Å². The molecule has 0 radical (unpaired) electrons. The number of aryl methyl sites for hydroxylation is 3. The zero-order valence-electron chi connectivity index (χ0n) is 23.0. The van der Waals surface area contributed by atoms with Gasteiger partial charge in [-0.25, -0.2) is 4.79 Å². The third-order valence-corrected chi connectivity index (χ3v) is 10.5. The van der Waals surface area contributed by atoms with Crippen molar-refractivity contribution in [2.24, 2.45) is 23.7 Å². The largest absolute Gasteiger partial charge is 0.481 e. The lowest BCUT2D eigenvalue weighted by atomic mass is 9.50. The minimum atomic E-state index is -0.317. The standard InChI is InChI=1S/C34H38O3S/c1-21-9-5-6-10-29(21)30-11-7-8-12-31(30)38-28-13-22(2)33(23(3)14-28)36-20-32(35)37-34(4)26-16-24-15-25(18-26)19-27(34)17-24/h5-14,24-27H,15-20H2,1-4H3. The van der Waals surface area contributed by atoms with Crippen LogP contribution in [0.25, 0.3) is 11.1 Å². The molecule has 4 bridgehead atoms. The van der Waals surface area contributed by atoms with E-state index in [9.17, 15) is 4.79 Å². The minimum absolute atomic E-state index is 0.0355. The zero-order chi connectivity index (χ0) is 26.4. The molecule has 4 heteroatoms. The average Bonchev–Trinajstić information content (AvgIpc) is 2.87. The van der Waals surface area contributed by atoms with Gasteiger partial charge in [-0.1, -0.05) is 54.2 Å². The lowest BCUT2D eigenvalue weighted by Gasteiger charge is -2.59. The van der Waals surface area contributed by atoms with E-state index in [2.05, 4.69) is 88.4 Å². The first-order chi connectivity index (χ1) is 18.3. The van der Waals surface area contributed by atoms with Gasteiger partial charge in [-0.2, -0.15) is 0 Å². The van der Waals surface area contributed by atoms with Crippen LogP contribution in [0.1, 0.15) is 55.7 Å². The van der Waals surface area contributed by atoms with Crippen molar-refractivity contribution in [2.45, 2.75) is 75.2 Å². The van der Waals surface area contributed by atoms with Gasteiger partial charge in [0.15, 0.2) is 6.61 Å². The first kappa shape index (κ1) is 25.6. The molecule has 0 heterocycles. The number of ether oxygens (including phenoxy) is 2. The first-order valence-electron chi connectivity index (χ1n) is 14.1. The lowest BCUT2D eigenvalue weighted by Crippen LogP contribution is -2.58. The summed E-state index contributed by atoms with van der Waals surface area (Å²) in [4.78, 5) is 15.4. The van der Waals surface area contributed by atoms with Crippen LogP contribution in [0.4, 0.5) is 0 Å². The van der Waals surface area contributed by atoms with E-state index in [1.165, 1.54) is 53.7 Å². The van der Waals surface area contributed by atoms with Gasteiger partial charge in [0.1, 0.15) is 11.4 Å². The second kappa shape index (κ2) is 10.1. The molecule has 0 N–H and O–H groups in total. The van der Waals surface area contributed by atoms with Crippen molar-refractivity contribution < 1.29 is 14.3 Å². The highest BCUT2D eigenvalue weighted by Crippen LogP contribution is 2.59. The maximum Gasteiger partial charge on any atom is 0.344 e. The van der Waals surface area contributed by atoms with E-state index in [1.807, 2.05) is 0 Å². The second-order valence-electron chi connectivity index (χ2n) is 12.1. The Labute approximate surface area is 231 Å². The van der Waals surface area contributed by atoms with Crippen LogP contribution >= 0.6 is 11.8 Å². The van der Waals surface area contributed by atoms with Crippen molar-refractivity contribution in [1.82, 2.24) is 0 Å². The number of rotatable bonds is 7. The van der Waals surface area contributed by atoms with Crippen LogP contribution < -0.4 is 4.74 Å². The summed E-state index contributed by atoms with van der Waals surface area (Å²) >= 11 is 1.77. The summed E-state index contributed by atoms with van der Waals surface area (Å²) in [6.45, 7) is 8.43. The van der Waals surface area contributed by atoms with E-state index in [1.54, 1.807) is 11.8 Å². The van der Waals surface area contributed by atoms with Crippen LogP contribution in [-0.2, 0) is 9.53 Å². The van der Waals surface area contributed by atoms with E-state index in [0.717, 1.165) is 33.6 Å². The van der Waals surface area contributed by atoms with E-state index in [-0.39, 0.29) is 18.2 Å². The number of hydrogen-bond acceptors (Lipinski definition) is 4. The fourth-order valence-electron chi connectivity index (χ4n) is 7.67. The molecule has 4 aliphatic carbocycles. The minimum Gasteiger partial charge on any atom is -0.481 e. The van der Waals surface area contributed by atoms with Crippen LogP contribution in [0.5, 0.6) is 5.75 Å². The smallest absolute Gasteiger partial charge is 0.344 e. The Bertz CT molecular complexity index is 1310. The van der Waals surface area contributed by atoms with Crippen LogP contribution in [-0.4, -0.2) is 18.2 Å². The molecule has 0 spiro atoms. The number of hydrogen-bond donors (Lipinski definition) is 0. The van der Waals surface area contributed by atoms with Crippen molar-refractivity contribution in [3.63, 3.8) is 0 Å². The highest BCUT2D eigenvalue weighted by Gasteiger charge is 2.57. The van der Waals surface area contributed by atoms with Crippen molar-refractivity contribution in [3.05, 3.63) is 77.4 Å². The van der Waals surface area contributed by atoms with Crippen molar-refractivity contribution in [3.8, 4) is 16.9 Å². The molecule has 7 rings (SSSR count). The van der Waals surface area contributed by atoms with E-state index >= 15 is 0 Å². The van der Waals surface area contributed by atoms with Gasteiger partial charge in [0.2, 0.25) is 0 Å². The van der Waals surface area contributed by atoms with E-state index in [0.29, 0.717) is 11.8 Å². The van der Waals surface area contributed by atoms with E-state index in [4.69, 9.17) is 9.47 Å². The molecule has 4 aliphatic rings. The van der Waals surface area contributed by atoms with Crippen LogP contribution in [0.15, 0.2) is 70.5 Å². The van der Waals surface area contributed by atoms with Gasteiger partial charge in [-0.05, 0) is 129 Å². The van der Waals surface area contributed by atoms with Gasteiger partial charge in [0.25, 0.3) is 0 Å². The number of carbonyl (C=O) groups excluding carboxylic acids is 1. The predicted molar refractivity (Wildman–Crippen MR) is 154 cm³/mol. The molecule has 0 saturated heterocycles. The topological polar surface area (TPSA) is 35.5 Å². The highest BCUT2D eigenvalue weighted by atomic mass is 32.2. The SMILES string of the molecule is Cc1ccccc1-c1ccccc1Sc1cc(C)c(OCC(=O)OC2(C)C3CC4CC(C3)CC2C4)c(C)c1. The summed E-state index contributed by atoms with van der Waals surface area (Å²) in [7, 11) is 0. The lowest BCUT2D eigenvalue weighted by molar-refractivity contribution is -0.204. The maximum atomic E-state index is 13.0. The molecule has 0 aliphatic heterocycles. The molecule has 38 heavy (non-hydrogen) atoms. The second-order valence-corrected chi connectivity index (χ2v) is 13.2. The van der Waals surface area contributed by atoms with Crippen LogP contribution in [0, 0.1) is 44.4 Å². The molecule has 0 aromatic heterocycles. The van der Waals surface area contributed by atoms with Crippen molar-refractivity contribution >= 4 is 17.7 Å². The molecule has 3 aromatic rings.